The van der Waals surface area contributed by atoms with Gasteiger partial charge in [-0.3, -0.25) is 9.59 Å². The quantitative estimate of drug-likeness (QED) is 0.0937. The molecule has 0 spiro atoms. The number of benzene rings is 3. The maximum absolute atomic E-state index is 11.8. The van der Waals surface area contributed by atoms with Crippen LogP contribution in [-0.4, -0.2) is 72.9 Å². The zero-order valence-corrected chi connectivity index (χ0v) is 26.7. The molecule has 1 N–H and O–H groups in total. The number of anilines is 1. The predicted molar refractivity (Wildman–Crippen MR) is 162 cm³/mol. The van der Waals surface area contributed by atoms with E-state index in [1.54, 1.807) is 24.3 Å². The molecule has 3 aromatic rings. The van der Waals surface area contributed by atoms with Crippen molar-refractivity contribution in [2.75, 3.05) is 25.3 Å². The van der Waals surface area contributed by atoms with Crippen LogP contribution in [0.3, 0.4) is 0 Å². The average molecular weight is 695 g/mol. The Labute approximate surface area is 263 Å². The standard InChI is InChI=1S/C9H8N2O4S.C9H10O4S.C8H8N4O3S/c1-15-9(12)8(11-10)16(13,14)7-5-3-2-4-6-7;1-13-9(10)7-14(11,12)8-5-3-2-4-6-8;1-6(13)10-7-2-4-8(5-3-7)16(14,15)12-11-9/h2-6H,1H3;2-6H,7H2,1H3;2-5H,1H3,(H,10,13). The molecule has 46 heavy (non-hydrogen) atoms. The topological polar surface area (TPSA) is 269 Å². The molecule has 0 aliphatic carbocycles. The first kappa shape index (κ1) is 38.6. The minimum Gasteiger partial charge on any atom is -0.468 e. The van der Waals surface area contributed by atoms with Crippen LogP contribution in [0.1, 0.15) is 6.92 Å². The van der Waals surface area contributed by atoms with E-state index in [1.807, 2.05) is 0 Å². The van der Waals surface area contributed by atoms with E-state index in [0.29, 0.717) is 5.69 Å². The third kappa shape index (κ3) is 11.9. The van der Waals surface area contributed by atoms with Gasteiger partial charge in [0, 0.05) is 22.0 Å². The monoisotopic (exact) mass is 694 g/mol. The number of amides is 1. The summed E-state index contributed by atoms with van der Waals surface area (Å²) in [5.74, 6) is -2.85. The number of ether oxygens (including phenoxy) is 2. The Kier molecular flexibility index (Phi) is 14.9. The third-order valence-electron chi connectivity index (χ3n) is 5.01. The molecule has 17 nitrogen and oxygen atoms in total. The van der Waals surface area contributed by atoms with Gasteiger partial charge in [-0.15, -0.1) is 4.79 Å². The van der Waals surface area contributed by atoms with E-state index in [1.165, 1.54) is 67.6 Å². The Bertz CT molecular complexity index is 1960. The van der Waals surface area contributed by atoms with Crippen LogP contribution in [0.2, 0.25) is 0 Å². The molecule has 0 aliphatic rings. The minimum atomic E-state index is -4.14. The average Bonchev–Trinajstić information content (AvgIpc) is 3.02. The Morgan fingerprint density at radius 2 is 1.24 bits per heavy atom. The molecule has 0 saturated heterocycles. The van der Waals surface area contributed by atoms with Gasteiger partial charge < -0.3 is 20.3 Å². The highest BCUT2D eigenvalue weighted by atomic mass is 32.2. The van der Waals surface area contributed by atoms with E-state index in [2.05, 4.69) is 29.0 Å². The fraction of sp³-hybridized carbons (Fsp3) is 0.154. The van der Waals surface area contributed by atoms with Crippen LogP contribution in [0.5, 0.6) is 0 Å². The number of hydrogen-bond donors (Lipinski definition) is 1. The first-order valence-corrected chi connectivity index (χ1v) is 16.8. The maximum atomic E-state index is 11.8. The van der Waals surface area contributed by atoms with E-state index in [-0.39, 0.29) is 20.6 Å². The molecule has 0 aromatic heterocycles. The van der Waals surface area contributed by atoms with Gasteiger partial charge in [0.15, 0.2) is 15.6 Å². The zero-order chi connectivity index (χ0) is 35.0. The van der Waals surface area contributed by atoms with Crippen LogP contribution < -0.4 is 5.32 Å². The fourth-order valence-electron chi connectivity index (χ4n) is 2.94. The summed E-state index contributed by atoms with van der Waals surface area (Å²) >= 11 is 0. The lowest BCUT2D eigenvalue weighted by atomic mass is 10.3. The normalized spacial score (nSPS) is 10.5. The van der Waals surface area contributed by atoms with Crippen LogP contribution in [-0.2, 0) is 53.6 Å². The van der Waals surface area contributed by atoms with Gasteiger partial charge in [-0.1, -0.05) is 36.4 Å². The van der Waals surface area contributed by atoms with Crippen molar-refractivity contribution in [3.63, 3.8) is 0 Å². The molecular formula is C26H26N6O11S3. The second-order valence-electron chi connectivity index (χ2n) is 8.21. The number of hydrogen-bond acceptors (Lipinski definition) is 11. The van der Waals surface area contributed by atoms with Gasteiger partial charge in [0.25, 0.3) is 19.9 Å². The molecule has 20 heteroatoms. The molecule has 0 radical (unpaired) electrons. The van der Waals surface area contributed by atoms with Crippen LogP contribution in [0.25, 0.3) is 16.0 Å². The smallest absolute Gasteiger partial charge is 0.468 e. The molecule has 1 amide bonds. The molecule has 0 heterocycles. The molecule has 0 bridgehead atoms. The number of carbonyl (C=O) groups is 3. The van der Waals surface area contributed by atoms with Gasteiger partial charge in [-0.25, -0.2) is 30.0 Å². The first-order valence-electron chi connectivity index (χ1n) is 12.2. The van der Waals surface area contributed by atoms with Crippen molar-refractivity contribution in [1.82, 2.24) is 0 Å². The van der Waals surface area contributed by atoms with E-state index in [9.17, 15) is 39.6 Å². The van der Waals surface area contributed by atoms with Crippen LogP contribution in [0, 0.1) is 0 Å². The molecule has 3 rings (SSSR count). The van der Waals surface area contributed by atoms with Crippen molar-refractivity contribution >= 4 is 58.3 Å². The highest BCUT2D eigenvalue weighted by Gasteiger charge is 2.38. The molecular weight excluding hydrogens is 669 g/mol. The number of sulfone groups is 2. The summed E-state index contributed by atoms with van der Waals surface area (Å²) in [5, 5.41) is 1.44. The summed E-state index contributed by atoms with van der Waals surface area (Å²) < 4.78 is 80.2. The second-order valence-corrected chi connectivity index (χ2v) is 13.7. The summed E-state index contributed by atoms with van der Waals surface area (Å²) in [4.78, 5) is 37.1. The van der Waals surface area contributed by atoms with Crippen molar-refractivity contribution in [2.45, 2.75) is 21.6 Å². The Morgan fingerprint density at radius 1 is 0.739 bits per heavy atom. The van der Waals surface area contributed by atoms with E-state index in [0.717, 1.165) is 14.2 Å². The summed E-state index contributed by atoms with van der Waals surface area (Å²) in [6.45, 7) is 1.34. The fourth-order valence-corrected chi connectivity index (χ4v) is 5.92. The van der Waals surface area contributed by atoms with Gasteiger partial charge in [0.2, 0.25) is 5.91 Å². The number of carbonyl (C=O) groups excluding carboxylic acids is 3. The first-order chi connectivity index (χ1) is 21.5. The van der Waals surface area contributed by atoms with E-state index in [4.69, 9.17) is 11.1 Å². The summed E-state index contributed by atoms with van der Waals surface area (Å²) in [7, 11) is -9.49. The number of nitrogens with zero attached hydrogens (tertiary/aromatic N) is 5. The van der Waals surface area contributed by atoms with Crippen molar-refractivity contribution in [3.8, 4) is 0 Å². The number of methoxy groups -OCH3 is 2. The molecule has 3 aromatic carbocycles. The highest BCUT2D eigenvalue weighted by Crippen LogP contribution is 2.16. The number of esters is 2. The van der Waals surface area contributed by atoms with Gasteiger partial charge in [-0.05, 0) is 54.1 Å². The molecule has 0 saturated carbocycles. The van der Waals surface area contributed by atoms with Gasteiger partial charge >= 0.3 is 17.0 Å². The van der Waals surface area contributed by atoms with Crippen molar-refractivity contribution in [2.24, 2.45) is 4.52 Å². The third-order valence-corrected chi connectivity index (χ3v) is 9.43. The van der Waals surface area contributed by atoms with Crippen LogP contribution in [0.4, 0.5) is 5.69 Å². The lowest BCUT2D eigenvalue weighted by Gasteiger charge is -2.02. The van der Waals surface area contributed by atoms with Crippen LogP contribution >= 0.6 is 0 Å². The summed E-state index contributed by atoms with van der Waals surface area (Å²) in [5.41, 5.74) is 17.1. The number of sulfonamides is 1. The molecule has 0 atom stereocenters. The van der Waals surface area contributed by atoms with E-state index < -0.39 is 52.4 Å². The number of nitrogens with one attached hydrogen (secondary N) is 1. The van der Waals surface area contributed by atoms with Crippen molar-refractivity contribution < 1.29 is 53.9 Å². The van der Waals surface area contributed by atoms with Crippen molar-refractivity contribution in [3.05, 3.63) is 101 Å². The largest absolute Gasteiger partial charge is 0.493 e. The lowest BCUT2D eigenvalue weighted by Crippen LogP contribution is -2.26. The zero-order valence-electron chi connectivity index (χ0n) is 24.2. The number of rotatable bonds is 7. The van der Waals surface area contributed by atoms with Gasteiger partial charge in [0.1, 0.15) is 0 Å². The maximum Gasteiger partial charge on any atom is 0.493 e. The van der Waals surface area contributed by atoms with Crippen molar-refractivity contribution in [1.29, 1.82) is 0 Å². The molecule has 0 unspecified atom stereocenters. The highest BCUT2D eigenvalue weighted by molar-refractivity contribution is 8.08. The molecule has 244 valence electrons. The predicted octanol–water partition coefficient (Wildman–Crippen LogP) is 2.54. The summed E-state index contributed by atoms with van der Waals surface area (Å²) in [6.07, 6.45) is 0. The van der Waals surface area contributed by atoms with Crippen LogP contribution in [0.15, 0.2) is 104 Å². The minimum absolute atomic E-state index is 0.126. The van der Waals surface area contributed by atoms with E-state index >= 15 is 0 Å². The SMILES string of the molecule is CC(=O)Nc1ccc(S(=O)(=O)N=[N+]=[N-])cc1.COC(=O)C(=[N+]=[N-])S(=O)(=O)c1ccccc1.COC(=O)CS(=O)(=O)c1ccccc1. The lowest BCUT2D eigenvalue weighted by molar-refractivity contribution is -0.138. The van der Waals surface area contributed by atoms with Gasteiger partial charge in [0.05, 0.1) is 28.9 Å². The molecule has 0 aliphatic heterocycles. The Hall–Kier alpha value is -5.39. The number of azide groups is 1. The summed E-state index contributed by atoms with van der Waals surface area (Å²) in [6, 6.07) is 20.2. The Balaban J connectivity index is 0.000000346. The Morgan fingerprint density at radius 3 is 1.65 bits per heavy atom. The second kappa shape index (κ2) is 17.8. The molecule has 0 fully saturated rings. The van der Waals surface area contributed by atoms with Gasteiger partial charge in [-0.2, -0.15) is 0 Å².